The average Bonchev–Trinajstić information content (AvgIpc) is 2.73. The van der Waals surface area contributed by atoms with E-state index in [1.54, 1.807) is 30.5 Å². The monoisotopic (exact) mass is 369 g/mol. The topological polar surface area (TPSA) is 87.7 Å². The number of aromatic nitrogens is 2. The minimum atomic E-state index is -0.273. The molecule has 2 aromatic rings. The first-order chi connectivity index (χ1) is 13.2. The lowest BCUT2D eigenvalue weighted by atomic mass is 10.2. The number of carbonyl (C=O) groups is 2. The van der Waals surface area contributed by atoms with Gasteiger partial charge >= 0.3 is 0 Å². The summed E-state index contributed by atoms with van der Waals surface area (Å²) < 4.78 is 5.10. The molecule has 1 N–H and O–H groups in total. The summed E-state index contributed by atoms with van der Waals surface area (Å²) in [4.78, 5) is 36.6. The Morgan fingerprint density at radius 2 is 1.74 bits per heavy atom. The molecular weight excluding hydrogens is 346 g/mol. The second kappa shape index (κ2) is 8.98. The Kier molecular flexibility index (Phi) is 6.19. The molecule has 8 nitrogen and oxygen atoms in total. The van der Waals surface area contributed by atoms with Crippen molar-refractivity contribution >= 4 is 17.8 Å². The van der Waals surface area contributed by atoms with Crippen molar-refractivity contribution in [2.45, 2.75) is 13.0 Å². The third-order valence-electron chi connectivity index (χ3n) is 4.43. The lowest BCUT2D eigenvalue weighted by Gasteiger charge is -2.34. The van der Waals surface area contributed by atoms with Gasteiger partial charge in [-0.3, -0.25) is 9.59 Å². The predicted octanol–water partition coefficient (Wildman–Crippen LogP) is 0.840. The van der Waals surface area contributed by atoms with E-state index >= 15 is 0 Å². The molecule has 1 aromatic carbocycles. The average molecular weight is 369 g/mol. The van der Waals surface area contributed by atoms with Crippen molar-refractivity contribution in [2.24, 2.45) is 0 Å². The largest absolute Gasteiger partial charge is 0.497 e. The number of rotatable bonds is 6. The molecule has 1 aliphatic heterocycles. The number of anilines is 1. The molecule has 1 aliphatic rings. The van der Waals surface area contributed by atoms with Crippen LogP contribution in [0.1, 0.15) is 12.0 Å². The van der Waals surface area contributed by atoms with Crippen LogP contribution in [0.15, 0.2) is 42.7 Å². The molecule has 0 atom stereocenters. The lowest BCUT2D eigenvalue weighted by molar-refractivity contribution is -0.136. The highest BCUT2D eigenvalue weighted by Crippen LogP contribution is 2.12. The summed E-state index contributed by atoms with van der Waals surface area (Å²) in [6.07, 6.45) is 3.26. The van der Waals surface area contributed by atoms with Gasteiger partial charge in [0.1, 0.15) is 12.2 Å². The van der Waals surface area contributed by atoms with E-state index in [0.717, 1.165) is 11.3 Å². The second-order valence-electron chi connectivity index (χ2n) is 6.22. The van der Waals surface area contributed by atoms with Gasteiger partial charge in [-0.2, -0.15) is 0 Å². The van der Waals surface area contributed by atoms with Gasteiger partial charge in [0.15, 0.2) is 0 Å². The summed E-state index contributed by atoms with van der Waals surface area (Å²) >= 11 is 0. The highest BCUT2D eigenvalue weighted by atomic mass is 16.5. The maximum absolute atomic E-state index is 12.3. The Labute approximate surface area is 158 Å². The van der Waals surface area contributed by atoms with Crippen LogP contribution in [0, 0.1) is 0 Å². The third-order valence-corrected chi connectivity index (χ3v) is 4.43. The van der Waals surface area contributed by atoms with E-state index in [1.807, 2.05) is 29.2 Å². The predicted molar refractivity (Wildman–Crippen MR) is 100 cm³/mol. The van der Waals surface area contributed by atoms with Crippen LogP contribution >= 0.6 is 0 Å². The van der Waals surface area contributed by atoms with Crippen molar-refractivity contribution in [3.63, 3.8) is 0 Å². The minimum absolute atomic E-state index is 0.141. The van der Waals surface area contributed by atoms with Crippen LogP contribution in [0.4, 0.5) is 5.95 Å². The lowest BCUT2D eigenvalue weighted by Crippen LogP contribution is -2.50. The van der Waals surface area contributed by atoms with Gasteiger partial charge in [-0.15, -0.1) is 0 Å². The van der Waals surface area contributed by atoms with Crippen molar-refractivity contribution in [1.29, 1.82) is 0 Å². The summed E-state index contributed by atoms with van der Waals surface area (Å²) in [5, 5.41) is 2.78. The summed E-state index contributed by atoms with van der Waals surface area (Å²) in [7, 11) is 1.61. The van der Waals surface area contributed by atoms with E-state index in [-0.39, 0.29) is 18.2 Å². The molecule has 2 heterocycles. The molecular formula is C19H23N5O3. The van der Waals surface area contributed by atoms with Crippen molar-refractivity contribution < 1.29 is 14.3 Å². The van der Waals surface area contributed by atoms with E-state index in [0.29, 0.717) is 38.7 Å². The Bertz CT molecular complexity index is 759. The maximum Gasteiger partial charge on any atom is 0.232 e. The van der Waals surface area contributed by atoms with Gasteiger partial charge in [-0.1, -0.05) is 12.1 Å². The third kappa shape index (κ3) is 5.16. The van der Waals surface area contributed by atoms with E-state index in [9.17, 15) is 9.59 Å². The second-order valence-corrected chi connectivity index (χ2v) is 6.22. The summed E-state index contributed by atoms with van der Waals surface area (Å²) in [5.41, 5.74) is 0.952. The number of benzene rings is 1. The number of nitrogens with zero attached hydrogens (tertiary/aromatic N) is 4. The van der Waals surface area contributed by atoms with Crippen molar-refractivity contribution in [2.75, 3.05) is 38.2 Å². The quantitative estimate of drug-likeness (QED) is 0.760. The first kappa shape index (κ1) is 18.6. The molecule has 27 heavy (non-hydrogen) atoms. The summed E-state index contributed by atoms with van der Waals surface area (Å²) in [5.74, 6) is 1.00. The zero-order valence-electron chi connectivity index (χ0n) is 15.3. The minimum Gasteiger partial charge on any atom is -0.497 e. The number of carbonyl (C=O) groups excluding carboxylic acids is 2. The molecule has 0 saturated carbocycles. The summed E-state index contributed by atoms with van der Waals surface area (Å²) in [6, 6.07) is 9.20. The molecule has 3 rings (SSSR count). The molecule has 0 bridgehead atoms. The number of ether oxygens (including phenoxy) is 1. The number of amides is 2. The van der Waals surface area contributed by atoms with Crippen molar-refractivity contribution in [1.82, 2.24) is 20.2 Å². The van der Waals surface area contributed by atoms with Gasteiger partial charge < -0.3 is 19.9 Å². The van der Waals surface area contributed by atoms with Crippen LogP contribution in [0.25, 0.3) is 0 Å². The molecule has 0 radical (unpaired) electrons. The Hall–Kier alpha value is -3.16. The van der Waals surface area contributed by atoms with Gasteiger partial charge in [0.25, 0.3) is 0 Å². The molecule has 0 aliphatic carbocycles. The summed E-state index contributed by atoms with van der Waals surface area (Å²) in [6.45, 7) is 2.81. The van der Waals surface area contributed by atoms with Crippen LogP contribution in [0.2, 0.25) is 0 Å². The molecule has 1 aromatic heterocycles. The molecule has 1 saturated heterocycles. The van der Waals surface area contributed by atoms with E-state index in [1.165, 1.54) is 0 Å². The van der Waals surface area contributed by atoms with Gasteiger partial charge in [0.2, 0.25) is 17.8 Å². The Morgan fingerprint density at radius 1 is 1.07 bits per heavy atom. The normalized spacial score (nSPS) is 14.0. The van der Waals surface area contributed by atoms with Gasteiger partial charge in [-0.05, 0) is 23.8 Å². The fourth-order valence-corrected chi connectivity index (χ4v) is 2.87. The Morgan fingerprint density at radius 3 is 2.37 bits per heavy atom. The molecule has 1 fully saturated rings. The molecule has 2 amide bonds. The van der Waals surface area contributed by atoms with Crippen LogP contribution in [0.3, 0.4) is 0 Å². The van der Waals surface area contributed by atoms with Crippen LogP contribution in [-0.2, 0) is 16.1 Å². The number of methoxy groups -OCH3 is 1. The maximum atomic E-state index is 12.3. The number of hydrogen-bond acceptors (Lipinski definition) is 6. The van der Waals surface area contributed by atoms with E-state index in [2.05, 4.69) is 15.3 Å². The van der Waals surface area contributed by atoms with Gasteiger partial charge in [-0.25, -0.2) is 9.97 Å². The van der Waals surface area contributed by atoms with Gasteiger partial charge in [0.05, 0.1) is 7.11 Å². The number of nitrogens with one attached hydrogen (secondary N) is 1. The van der Waals surface area contributed by atoms with Crippen LogP contribution in [-0.4, -0.2) is 60.0 Å². The smallest absolute Gasteiger partial charge is 0.232 e. The SMILES string of the molecule is COc1ccc(CNC(=O)CC(=O)N2CCN(c3ncccn3)CC2)cc1. The number of hydrogen-bond donors (Lipinski definition) is 1. The molecule has 8 heteroatoms. The van der Waals surface area contributed by atoms with Crippen molar-refractivity contribution in [3.8, 4) is 5.75 Å². The van der Waals surface area contributed by atoms with Crippen molar-refractivity contribution in [3.05, 3.63) is 48.3 Å². The van der Waals surface area contributed by atoms with E-state index in [4.69, 9.17) is 4.74 Å². The Balaban J connectivity index is 1.41. The van der Waals surface area contributed by atoms with Crippen LogP contribution < -0.4 is 15.0 Å². The van der Waals surface area contributed by atoms with E-state index < -0.39 is 0 Å². The molecule has 0 spiro atoms. The first-order valence-corrected chi connectivity index (χ1v) is 8.85. The fourth-order valence-electron chi connectivity index (χ4n) is 2.87. The molecule has 142 valence electrons. The molecule has 0 unspecified atom stereocenters. The zero-order chi connectivity index (χ0) is 19.1. The number of piperazine rings is 1. The standard InChI is InChI=1S/C19H23N5O3/c1-27-16-5-3-15(4-6-16)14-22-17(25)13-18(26)23-9-11-24(12-10-23)19-20-7-2-8-21-19/h2-8H,9-14H2,1H3,(H,22,25). The first-order valence-electron chi connectivity index (χ1n) is 8.85. The van der Waals surface area contributed by atoms with Gasteiger partial charge in [0, 0.05) is 45.1 Å². The fraction of sp³-hybridized carbons (Fsp3) is 0.368. The highest BCUT2D eigenvalue weighted by Gasteiger charge is 2.23. The highest BCUT2D eigenvalue weighted by molar-refractivity contribution is 5.96. The zero-order valence-corrected chi connectivity index (χ0v) is 15.3. The van der Waals surface area contributed by atoms with Crippen LogP contribution in [0.5, 0.6) is 5.75 Å².